The number of carbonyl (C=O) groups is 1. The molecule has 0 bridgehead atoms. The number of nitrogens with zero attached hydrogens (tertiary/aromatic N) is 3. The van der Waals surface area contributed by atoms with Crippen molar-refractivity contribution in [1.29, 1.82) is 0 Å². The van der Waals surface area contributed by atoms with Crippen LogP contribution in [0.5, 0.6) is 11.5 Å². The Morgan fingerprint density at radius 3 is 2.70 bits per heavy atom. The molecule has 1 saturated carbocycles. The number of fused-ring (bicyclic) bond motifs is 1. The minimum Gasteiger partial charge on any atom is -0.493 e. The van der Waals surface area contributed by atoms with E-state index in [9.17, 15) is 9.18 Å². The number of esters is 1. The van der Waals surface area contributed by atoms with Crippen LogP contribution in [-0.4, -0.2) is 40.6 Å². The first-order valence-corrected chi connectivity index (χ1v) is 16.5. The molecule has 5 rings (SSSR count). The van der Waals surface area contributed by atoms with Crippen molar-refractivity contribution in [2.75, 3.05) is 19.0 Å². The van der Waals surface area contributed by atoms with Gasteiger partial charge >= 0.3 is 5.97 Å². The van der Waals surface area contributed by atoms with Crippen molar-refractivity contribution in [1.82, 2.24) is 14.8 Å². The summed E-state index contributed by atoms with van der Waals surface area (Å²) in [5, 5.41) is 8.53. The Morgan fingerprint density at radius 2 is 1.98 bits per heavy atom. The van der Waals surface area contributed by atoms with E-state index in [-0.39, 0.29) is 17.9 Å². The summed E-state index contributed by atoms with van der Waals surface area (Å²) in [5.74, 6) is 1.85. The summed E-state index contributed by atoms with van der Waals surface area (Å²) in [6.45, 7) is 6.70. The number of carbonyl (C=O) groups excluding carboxylic acids is 1. The van der Waals surface area contributed by atoms with Gasteiger partial charge < -0.3 is 19.5 Å². The molecule has 2 heterocycles. The van der Waals surface area contributed by atoms with Crippen LogP contribution in [0.1, 0.15) is 76.5 Å². The van der Waals surface area contributed by atoms with E-state index in [2.05, 4.69) is 35.1 Å². The summed E-state index contributed by atoms with van der Waals surface area (Å²) in [6, 6.07) is 9.84. The Morgan fingerprint density at radius 1 is 1.21 bits per heavy atom. The van der Waals surface area contributed by atoms with Crippen LogP contribution in [0.4, 0.5) is 10.3 Å². The molecule has 1 aromatic heterocycles. The van der Waals surface area contributed by atoms with Crippen molar-refractivity contribution in [3.8, 4) is 11.5 Å². The molecule has 1 aliphatic heterocycles. The molecule has 230 valence electrons. The zero-order chi connectivity index (χ0) is 30.5. The average Bonchev–Trinajstić information content (AvgIpc) is 3.39. The summed E-state index contributed by atoms with van der Waals surface area (Å²) in [6.07, 6.45) is 5.79. The van der Waals surface area contributed by atoms with E-state index in [0.717, 1.165) is 44.1 Å². The van der Waals surface area contributed by atoms with Crippen LogP contribution in [0.15, 0.2) is 57.3 Å². The van der Waals surface area contributed by atoms with Crippen molar-refractivity contribution >= 4 is 39.6 Å². The van der Waals surface area contributed by atoms with Gasteiger partial charge in [-0.05, 0) is 90.2 Å². The number of aromatic nitrogens is 3. The number of rotatable bonds is 11. The minimum absolute atomic E-state index is 0.107. The maximum absolute atomic E-state index is 14.3. The second-order valence-electron chi connectivity index (χ2n) is 11.3. The van der Waals surface area contributed by atoms with Crippen LogP contribution in [0.2, 0.25) is 0 Å². The summed E-state index contributed by atoms with van der Waals surface area (Å²) in [7, 11) is 1.60. The molecule has 8 nitrogen and oxygen atoms in total. The van der Waals surface area contributed by atoms with Crippen LogP contribution >= 0.6 is 27.7 Å². The van der Waals surface area contributed by atoms with Gasteiger partial charge in [-0.15, -0.1) is 5.10 Å². The number of hydrogen-bond acceptors (Lipinski definition) is 8. The quantitative estimate of drug-likeness (QED) is 0.162. The lowest BCUT2D eigenvalue weighted by Crippen LogP contribution is -2.32. The lowest BCUT2D eigenvalue weighted by molar-refractivity contribution is -0.146. The molecule has 3 aromatic rings. The van der Waals surface area contributed by atoms with E-state index in [4.69, 9.17) is 24.3 Å². The van der Waals surface area contributed by atoms with Gasteiger partial charge in [0.15, 0.2) is 11.5 Å². The van der Waals surface area contributed by atoms with E-state index in [1.807, 2.05) is 19.1 Å². The fourth-order valence-electron chi connectivity index (χ4n) is 5.36. The predicted octanol–water partition coefficient (Wildman–Crippen LogP) is 8.07. The fraction of sp³-hybridized carbons (Fsp3) is 0.469. The van der Waals surface area contributed by atoms with E-state index >= 15 is 0 Å². The van der Waals surface area contributed by atoms with Crippen LogP contribution < -0.4 is 14.8 Å². The number of benzene rings is 2. The molecule has 1 N–H and O–H groups in total. The van der Waals surface area contributed by atoms with Gasteiger partial charge in [-0.1, -0.05) is 50.2 Å². The van der Waals surface area contributed by atoms with Gasteiger partial charge in [-0.2, -0.15) is 4.98 Å². The number of ether oxygens (including phenoxy) is 3. The second-order valence-corrected chi connectivity index (χ2v) is 13.1. The van der Waals surface area contributed by atoms with Gasteiger partial charge in [-0.3, -0.25) is 0 Å². The van der Waals surface area contributed by atoms with Gasteiger partial charge in [0.2, 0.25) is 11.1 Å². The van der Waals surface area contributed by atoms with Crippen molar-refractivity contribution in [3.63, 3.8) is 0 Å². The molecule has 1 fully saturated rings. The topological polar surface area (TPSA) is 87.5 Å². The molecule has 11 heteroatoms. The summed E-state index contributed by atoms with van der Waals surface area (Å²) < 4.78 is 34.6. The Balaban J connectivity index is 1.51. The highest BCUT2D eigenvalue weighted by Gasteiger charge is 2.37. The SMILES string of the molecule is COc1cc(C2C(C(=O)OC3CCCCC3)=C(C)Nc3nc(SCc4ccccc4F)nn32)cc(Br)c1OCCC(C)C. The molecule has 0 spiro atoms. The number of allylic oxidation sites excluding steroid dienone is 1. The van der Waals surface area contributed by atoms with Gasteiger partial charge in [0.1, 0.15) is 18.0 Å². The highest BCUT2D eigenvalue weighted by molar-refractivity contribution is 9.10. The number of thioether (sulfide) groups is 1. The lowest BCUT2D eigenvalue weighted by atomic mass is 9.94. The van der Waals surface area contributed by atoms with Crippen molar-refractivity contribution in [2.45, 2.75) is 82.4 Å². The molecule has 2 aliphatic rings. The van der Waals surface area contributed by atoms with Crippen LogP contribution in [0, 0.1) is 11.7 Å². The van der Waals surface area contributed by atoms with E-state index in [1.54, 1.807) is 30.0 Å². The monoisotopic (exact) mass is 672 g/mol. The third-order valence-electron chi connectivity index (χ3n) is 7.70. The third kappa shape index (κ3) is 7.37. The maximum atomic E-state index is 14.3. The molecule has 43 heavy (non-hydrogen) atoms. The summed E-state index contributed by atoms with van der Waals surface area (Å²) >= 11 is 5.02. The molecular weight excluding hydrogens is 635 g/mol. The molecule has 1 atom stereocenters. The normalized spacial score (nSPS) is 17.0. The second kappa shape index (κ2) is 14.2. The van der Waals surface area contributed by atoms with Crippen LogP contribution in [0.25, 0.3) is 0 Å². The number of nitrogens with one attached hydrogen (secondary N) is 1. The first-order valence-electron chi connectivity index (χ1n) is 14.8. The Hall–Kier alpha value is -3.05. The standard InChI is InChI=1S/C32H38BrFN4O4S/c1-19(2)14-15-41-29-24(33)16-22(17-26(29)40-4)28-27(30(39)42-23-11-6-5-7-12-23)20(3)35-31-36-32(37-38(28)31)43-18-21-10-8-9-13-25(21)34/h8-10,13,16-17,19,23,28H,5-7,11-12,14-15,18H2,1-4H3,(H,35,36,37). The Kier molecular flexibility index (Phi) is 10.3. The number of anilines is 1. The van der Waals surface area contributed by atoms with Crippen molar-refractivity contribution in [3.05, 3.63) is 69.1 Å². The zero-order valence-electron chi connectivity index (χ0n) is 25.0. The summed E-state index contributed by atoms with van der Waals surface area (Å²) in [4.78, 5) is 18.5. The number of halogens is 2. The highest BCUT2D eigenvalue weighted by Crippen LogP contribution is 2.44. The fourth-order valence-corrected chi connectivity index (χ4v) is 6.74. The maximum Gasteiger partial charge on any atom is 0.338 e. The smallest absolute Gasteiger partial charge is 0.338 e. The summed E-state index contributed by atoms with van der Waals surface area (Å²) in [5.41, 5.74) is 2.42. The van der Waals surface area contributed by atoms with Crippen LogP contribution in [0.3, 0.4) is 0 Å². The molecule has 1 aliphatic carbocycles. The van der Waals surface area contributed by atoms with Crippen molar-refractivity contribution in [2.24, 2.45) is 5.92 Å². The third-order valence-corrected chi connectivity index (χ3v) is 9.18. The van der Waals surface area contributed by atoms with E-state index < -0.39 is 6.04 Å². The van der Waals surface area contributed by atoms with Crippen molar-refractivity contribution < 1.29 is 23.4 Å². The molecule has 0 saturated heterocycles. The van der Waals surface area contributed by atoms with Crippen LogP contribution in [-0.2, 0) is 15.3 Å². The van der Waals surface area contributed by atoms with Gasteiger partial charge in [0.05, 0.1) is 23.8 Å². The first kappa shape index (κ1) is 31.4. The largest absolute Gasteiger partial charge is 0.493 e. The number of methoxy groups -OCH3 is 1. The Labute approximate surface area is 264 Å². The highest BCUT2D eigenvalue weighted by atomic mass is 79.9. The average molecular weight is 674 g/mol. The molecule has 2 aromatic carbocycles. The van der Waals surface area contributed by atoms with E-state index in [0.29, 0.717) is 62.2 Å². The predicted molar refractivity (Wildman–Crippen MR) is 169 cm³/mol. The Bertz CT molecular complexity index is 1490. The minimum atomic E-state index is -0.641. The number of hydrogen-bond donors (Lipinski definition) is 1. The molecular formula is C32H38BrFN4O4S. The van der Waals surface area contributed by atoms with Gasteiger partial charge in [-0.25, -0.2) is 13.9 Å². The first-order chi connectivity index (χ1) is 20.7. The molecule has 1 unspecified atom stereocenters. The van der Waals surface area contributed by atoms with Gasteiger partial charge in [0.25, 0.3) is 0 Å². The van der Waals surface area contributed by atoms with E-state index in [1.165, 1.54) is 17.8 Å². The molecule has 0 radical (unpaired) electrons. The van der Waals surface area contributed by atoms with Gasteiger partial charge in [0, 0.05) is 11.4 Å². The zero-order valence-corrected chi connectivity index (χ0v) is 27.4. The lowest BCUT2D eigenvalue weighted by Gasteiger charge is -2.30. The molecule has 0 amide bonds.